The fourth-order valence-corrected chi connectivity index (χ4v) is 6.00. The Morgan fingerprint density at radius 3 is 0.829 bits per heavy atom. The Bertz CT molecular complexity index is 454. The molecular formula is C37H74NNaO2. The van der Waals surface area contributed by atoms with Gasteiger partial charge in [-0.15, -0.1) is 0 Å². The van der Waals surface area contributed by atoms with Crippen molar-refractivity contribution in [1.29, 1.82) is 0 Å². The predicted molar refractivity (Wildman–Crippen MR) is 176 cm³/mol. The van der Waals surface area contributed by atoms with Crippen molar-refractivity contribution in [3.8, 4) is 0 Å². The molecule has 240 valence electrons. The van der Waals surface area contributed by atoms with Crippen molar-refractivity contribution < 1.29 is 39.5 Å². The molecule has 0 N–H and O–H groups in total. The van der Waals surface area contributed by atoms with Gasteiger partial charge in [-0.25, -0.2) is 0 Å². The second-order valence-electron chi connectivity index (χ2n) is 12.9. The molecule has 41 heavy (non-hydrogen) atoms. The first-order valence-electron chi connectivity index (χ1n) is 18.6. The van der Waals surface area contributed by atoms with Gasteiger partial charge < -0.3 is 14.8 Å². The van der Waals surface area contributed by atoms with Gasteiger partial charge in [0.25, 0.3) is 0 Å². The maximum absolute atomic E-state index is 11.0. The number of carbonyl (C=O) groups excluding carboxylic acids is 1. The minimum Gasteiger partial charge on any atom is -0.550 e. The normalized spacial score (nSPS) is 11.3. The molecule has 0 radical (unpaired) electrons. The van der Waals surface area contributed by atoms with Crippen LogP contribution in [0.1, 0.15) is 213 Å². The molecule has 0 saturated heterocycles. The van der Waals surface area contributed by atoms with Gasteiger partial charge >= 0.3 is 29.6 Å². The monoisotopic (exact) mass is 588 g/mol. The molecule has 0 rings (SSSR count). The van der Waals surface area contributed by atoms with Gasteiger partial charge in [-0.3, -0.25) is 0 Å². The minimum atomic E-state index is -0.905. The summed E-state index contributed by atoms with van der Waals surface area (Å²) in [5, 5.41) is 11.0. The van der Waals surface area contributed by atoms with Gasteiger partial charge in [0.2, 0.25) is 0 Å². The Morgan fingerprint density at radius 1 is 0.390 bits per heavy atom. The van der Waals surface area contributed by atoms with E-state index in [2.05, 4.69) is 18.7 Å². The van der Waals surface area contributed by atoms with E-state index in [-0.39, 0.29) is 36.0 Å². The molecule has 0 amide bonds. The Morgan fingerprint density at radius 2 is 0.610 bits per heavy atom. The standard InChI is InChI=1S/C37H75NO2.Na/c1-3-5-7-9-11-13-15-17-19-21-23-25-27-29-31-34-38(36-33-37(39)40)35-32-30-28-26-24-22-20-18-16-14-12-10-8-6-4-2;/h3-36H2,1-2H3,(H,39,40);/q;+1/p-1. The van der Waals surface area contributed by atoms with Crippen molar-refractivity contribution in [2.24, 2.45) is 0 Å². The first-order valence-corrected chi connectivity index (χ1v) is 18.6. The summed E-state index contributed by atoms with van der Waals surface area (Å²) in [5.74, 6) is -0.905. The average Bonchev–Trinajstić information content (AvgIpc) is 2.95. The molecule has 0 aromatic carbocycles. The van der Waals surface area contributed by atoms with E-state index in [4.69, 9.17) is 0 Å². The Hall–Kier alpha value is 0.430. The Kier molecular flexibility index (Phi) is 40.9. The predicted octanol–water partition coefficient (Wildman–Crippen LogP) is 8.18. The van der Waals surface area contributed by atoms with Gasteiger partial charge in [0, 0.05) is 12.5 Å². The SMILES string of the molecule is CCCCCCCCCCCCCCCCCN(CCCCCCCCCCCCCCCCC)CCC(=O)[O-].[Na+]. The van der Waals surface area contributed by atoms with E-state index in [0.29, 0.717) is 6.54 Å². The number of nitrogens with zero attached hydrogens (tertiary/aromatic N) is 1. The van der Waals surface area contributed by atoms with Crippen LogP contribution in [0.4, 0.5) is 0 Å². The maximum atomic E-state index is 11.0. The van der Waals surface area contributed by atoms with E-state index in [0.717, 1.165) is 13.1 Å². The molecule has 0 spiro atoms. The van der Waals surface area contributed by atoms with Crippen molar-refractivity contribution in [2.75, 3.05) is 19.6 Å². The van der Waals surface area contributed by atoms with Gasteiger partial charge in [0.1, 0.15) is 0 Å². The molecule has 0 heterocycles. The molecule has 0 unspecified atom stereocenters. The van der Waals surface area contributed by atoms with E-state index >= 15 is 0 Å². The van der Waals surface area contributed by atoms with E-state index in [9.17, 15) is 9.90 Å². The molecule has 0 saturated carbocycles. The summed E-state index contributed by atoms with van der Waals surface area (Å²) < 4.78 is 0. The van der Waals surface area contributed by atoms with Crippen LogP contribution in [0.15, 0.2) is 0 Å². The number of hydrogen-bond acceptors (Lipinski definition) is 3. The van der Waals surface area contributed by atoms with Crippen molar-refractivity contribution in [3.05, 3.63) is 0 Å². The van der Waals surface area contributed by atoms with Gasteiger partial charge in [-0.1, -0.05) is 194 Å². The topological polar surface area (TPSA) is 43.4 Å². The summed E-state index contributed by atoms with van der Waals surface area (Å²) in [7, 11) is 0. The zero-order valence-corrected chi connectivity index (χ0v) is 30.8. The summed E-state index contributed by atoms with van der Waals surface area (Å²) in [4.78, 5) is 13.4. The molecule has 0 aliphatic rings. The number of hydrogen-bond donors (Lipinski definition) is 0. The van der Waals surface area contributed by atoms with Gasteiger partial charge in [0.15, 0.2) is 0 Å². The fraction of sp³-hybridized carbons (Fsp3) is 0.973. The van der Waals surface area contributed by atoms with Crippen LogP contribution in [0.25, 0.3) is 0 Å². The first-order chi connectivity index (χ1) is 19.7. The van der Waals surface area contributed by atoms with Crippen LogP contribution >= 0.6 is 0 Å². The van der Waals surface area contributed by atoms with E-state index in [1.54, 1.807) is 0 Å². The third-order valence-corrected chi connectivity index (χ3v) is 8.79. The van der Waals surface area contributed by atoms with E-state index in [1.807, 2.05) is 0 Å². The summed E-state index contributed by atoms with van der Waals surface area (Å²) in [6, 6.07) is 0. The van der Waals surface area contributed by atoms with Crippen molar-refractivity contribution in [3.63, 3.8) is 0 Å². The molecule has 0 atom stereocenters. The van der Waals surface area contributed by atoms with Crippen molar-refractivity contribution in [2.45, 2.75) is 213 Å². The summed E-state index contributed by atoms with van der Waals surface area (Å²) in [5.41, 5.74) is 0. The zero-order valence-electron chi connectivity index (χ0n) is 28.8. The number of aliphatic carboxylic acids is 1. The molecule has 0 aromatic rings. The van der Waals surface area contributed by atoms with Crippen LogP contribution in [-0.4, -0.2) is 30.5 Å². The number of rotatable bonds is 35. The third-order valence-electron chi connectivity index (χ3n) is 8.79. The minimum absolute atomic E-state index is 0. The summed E-state index contributed by atoms with van der Waals surface area (Å²) >= 11 is 0. The number of carbonyl (C=O) groups is 1. The second kappa shape index (κ2) is 38.5. The average molecular weight is 588 g/mol. The quantitative estimate of drug-likeness (QED) is 0.0555. The van der Waals surface area contributed by atoms with Crippen LogP contribution < -0.4 is 34.7 Å². The molecule has 0 aliphatic carbocycles. The summed E-state index contributed by atoms with van der Waals surface area (Å²) in [6.07, 6.45) is 41.8. The molecule has 3 nitrogen and oxygen atoms in total. The van der Waals surface area contributed by atoms with E-state index in [1.165, 1.54) is 193 Å². The molecule has 0 aliphatic heterocycles. The number of unbranched alkanes of at least 4 members (excludes halogenated alkanes) is 28. The smallest absolute Gasteiger partial charge is 0.550 e. The van der Waals surface area contributed by atoms with Gasteiger partial charge in [-0.05, 0) is 32.4 Å². The maximum Gasteiger partial charge on any atom is 1.00 e. The third kappa shape index (κ3) is 38.4. The van der Waals surface area contributed by atoms with Crippen LogP contribution in [0.2, 0.25) is 0 Å². The second-order valence-corrected chi connectivity index (χ2v) is 12.9. The number of carboxylic acids is 1. The van der Waals surface area contributed by atoms with Crippen molar-refractivity contribution >= 4 is 5.97 Å². The Balaban J connectivity index is 0. The largest absolute Gasteiger partial charge is 1.00 e. The van der Waals surface area contributed by atoms with Crippen LogP contribution in [0.5, 0.6) is 0 Å². The summed E-state index contributed by atoms with van der Waals surface area (Å²) in [6.45, 7) is 7.36. The molecule has 4 heteroatoms. The van der Waals surface area contributed by atoms with Crippen LogP contribution in [0, 0.1) is 0 Å². The molecule has 0 bridgehead atoms. The number of carboxylic acid groups (broad SMARTS) is 1. The fourth-order valence-electron chi connectivity index (χ4n) is 6.00. The first kappa shape index (κ1) is 43.6. The van der Waals surface area contributed by atoms with E-state index < -0.39 is 5.97 Å². The van der Waals surface area contributed by atoms with Crippen LogP contribution in [0.3, 0.4) is 0 Å². The Labute approximate surface area is 281 Å². The van der Waals surface area contributed by atoms with Crippen molar-refractivity contribution in [1.82, 2.24) is 4.90 Å². The molecule has 0 aromatic heterocycles. The van der Waals surface area contributed by atoms with Gasteiger partial charge in [0.05, 0.1) is 0 Å². The van der Waals surface area contributed by atoms with Crippen LogP contribution in [-0.2, 0) is 4.79 Å². The molecule has 0 fully saturated rings. The molecular weight excluding hydrogens is 513 g/mol. The van der Waals surface area contributed by atoms with Gasteiger partial charge in [-0.2, -0.15) is 0 Å². The zero-order chi connectivity index (χ0) is 29.2.